The molecule has 1 N–H and O–H groups in total. The fourth-order valence-electron chi connectivity index (χ4n) is 4.11. The van der Waals surface area contributed by atoms with Crippen LogP contribution >= 0.6 is 11.6 Å². The van der Waals surface area contributed by atoms with Gasteiger partial charge in [0.25, 0.3) is 5.91 Å². The molecule has 0 spiro atoms. The Kier molecular flexibility index (Phi) is 2.42. The zero-order valence-corrected chi connectivity index (χ0v) is 12.7. The molecule has 1 aromatic heterocycles. The van der Waals surface area contributed by atoms with E-state index in [2.05, 4.69) is 21.3 Å². The standard InChI is InChI=1S/C16H15ClN4O/c17-12-3-1-2-11-14(12)18-19-15(11)16(22)21-10-6-9-4-5-20(7-10)8-13(9)21/h1-3,8-10H,4-7H2,(H,18,19)/t9-,10-/m0/s1. The van der Waals surface area contributed by atoms with Crippen molar-refractivity contribution in [2.75, 3.05) is 13.1 Å². The summed E-state index contributed by atoms with van der Waals surface area (Å²) in [6.45, 7) is 2.06. The Labute approximate surface area is 132 Å². The van der Waals surface area contributed by atoms with Crippen LogP contribution in [0.1, 0.15) is 23.3 Å². The number of fused-ring (bicyclic) bond motifs is 3. The summed E-state index contributed by atoms with van der Waals surface area (Å²) in [5.74, 6) is 0.551. The molecule has 1 fully saturated rings. The molecule has 0 saturated carbocycles. The molecule has 5 nitrogen and oxygen atoms in total. The molecule has 1 amide bonds. The van der Waals surface area contributed by atoms with E-state index in [9.17, 15) is 4.79 Å². The molecule has 3 bridgehead atoms. The lowest BCUT2D eigenvalue weighted by Gasteiger charge is -2.38. The van der Waals surface area contributed by atoms with Crippen LogP contribution in [0, 0.1) is 5.92 Å². The molecular weight excluding hydrogens is 300 g/mol. The van der Waals surface area contributed by atoms with Crippen LogP contribution in [0.2, 0.25) is 5.02 Å². The third-order valence-electron chi connectivity index (χ3n) is 5.11. The summed E-state index contributed by atoms with van der Waals surface area (Å²) in [7, 11) is 0. The van der Waals surface area contributed by atoms with Gasteiger partial charge in [0.05, 0.1) is 11.1 Å². The molecule has 2 aromatic rings. The second kappa shape index (κ2) is 4.26. The lowest BCUT2D eigenvalue weighted by atomic mass is 9.99. The van der Waals surface area contributed by atoms with Crippen molar-refractivity contribution in [2.24, 2.45) is 5.92 Å². The van der Waals surface area contributed by atoms with Gasteiger partial charge in [-0.1, -0.05) is 23.7 Å². The highest BCUT2D eigenvalue weighted by atomic mass is 35.5. The summed E-state index contributed by atoms with van der Waals surface area (Å²) >= 11 is 6.16. The summed E-state index contributed by atoms with van der Waals surface area (Å²) in [4.78, 5) is 17.4. The molecule has 1 aromatic carbocycles. The molecule has 2 atom stereocenters. The first-order chi connectivity index (χ1) is 10.7. The smallest absolute Gasteiger partial charge is 0.277 e. The molecule has 1 saturated heterocycles. The number of benzene rings is 1. The Hall–Kier alpha value is -2.01. The third kappa shape index (κ3) is 1.54. The van der Waals surface area contributed by atoms with E-state index < -0.39 is 0 Å². The van der Waals surface area contributed by atoms with Crippen molar-refractivity contribution in [3.63, 3.8) is 0 Å². The average molecular weight is 315 g/mol. The number of allylic oxidation sites excluding steroid dienone is 1. The van der Waals surface area contributed by atoms with E-state index >= 15 is 0 Å². The lowest BCUT2D eigenvalue weighted by molar-refractivity contribution is 0.0716. The second-order valence-electron chi connectivity index (χ2n) is 6.33. The Morgan fingerprint density at radius 1 is 1.41 bits per heavy atom. The maximum atomic E-state index is 13.1. The summed E-state index contributed by atoms with van der Waals surface area (Å²) in [6.07, 6.45) is 4.41. The molecule has 112 valence electrons. The van der Waals surface area contributed by atoms with E-state index in [1.54, 1.807) is 6.07 Å². The van der Waals surface area contributed by atoms with Crippen molar-refractivity contribution in [2.45, 2.75) is 18.9 Å². The molecule has 6 heteroatoms. The maximum Gasteiger partial charge on any atom is 0.277 e. The fourth-order valence-corrected chi connectivity index (χ4v) is 4.33. The predicted molar refractivity (Wildman–Crippen MR) is 83.4 cm³/mol. The van der Waals surface area contributed by atoms with Crippen LogP contribution in [0.3, 0.4) is 0 Å². The summed E-state index contributed by atoms with van der Waals surface area (Å²) in [6, 6.07) is 5.83. The summed E-state index contributed by atoms with van der Waals surface area (Å²) < 4.78 is 0. The van der Waals surface area contributed by atoms with Crippen LogP contribution in [0.4, 0.5) is 0 Å². The highest BCUT2D eigenvalue weighted by molar-refractivity contribution is 6.35. The van der Waals surface area contributed by atoms with Crippen LogP contribution in [-0.2, 0) is 0 Å². The van der Waals surface area contributed by atoms with Crippen LogP contribution in [0.15, 0.2) is 30.1 Å². The molecule has 0 aliphatic carbocycles. The second-order valence-corrected chi connectivity index (χ2v) is 6.74. The number of aromatic nitrogens is 2. The van der Waals surface area contributed by atoms with Crippen LogP contribution in [0.5, 0.6) is 0 Å². The molecule has 0 unspecified atom stereocenters. The van der Waals surface area contributed by atoms with Crippen molar-refractivity contribution in [3.8, 4) is 0 Å². The van der Waals surface area contributed by atoms with Crippen molar-refractivity contribution in [1.29, 1.82) is 0 Å². The highest BCUT2D eigenvalue weighted by Gasteiger charge is 2.46. The minimum Gasteiger partial charge on any atom is -0.374 e. The van der Waals surface area contributed by atoms with Crippen LogP contribution < -0.4 is 0 Å². The van der Waals surface area contributed by atoms with E-state index in [-0.39, 0.29) is 11.9 Å². The number of carbonyl (C=O) groups is 1. The number of carbonyl (C=O) groups excluding carboxylic acids is 1. The molecular formula is C16H15ClN4O. The number of amides is 1. The lowest BCUT2D eigenvalue weighted by Crippen LogP contribution is -2.46. The van der Waals surface area contributed by atoms with Gasteiger partial charge in [0.15, 0.2) is 0 Å². The number of nitrogens with zero attached hydrogens (tertiary/aromatic N) is 3. The number of hydrogen-bond donors (Lipinski definition) is 1. The fraction of sp³-hybridized carbons (Fsp3) is 0.375. The van der Waals surface area contributed by atoms with Crippen LogP contribution in [-0.4, -0.2) is 45.0 Å². The first-order valence-corrected chi connectivity index (χ1v) is 8.02. The van der Waals surface area contributed by atoms with Gasteiger partial charge in [-0.3, -0.25) is 9.89 Å². The van der Waals surface area contributed by atoms with Gasteiger partial charge in [0.2, 0.25) is 0 Å². The first-order valence-electron chi connectivity index (χ1n) is 7.64. The van der Waals surface area contributed by atoms with Crippen molar-refractivity contribution in [1.82, 2.24) is 20.0 Å². The van der Waals surface area contributed by atoms with Crippen LogP contribution in [0.25, 0.3) is 10.9 Å². The number of halogens is 1. The minimum atomic E-state index is 0.0186. The molecule has 3 aliphatic rings. The minimum absolute atomic E-state index is 0.0186. The Morgan fingerprint density at radius 3 is 3.23 bits per heavy atom. The molecule has 0 radical (unpaired) electrons. The van der Waals surface area contributed by atoms with Gasteiger partial charge in [0, 0.05) is 36.3 Å². The SMILES string of the molecule is O=C(c1[nH]nc2c(Cl)cccc12)N1C2=CN3CC[C@H]2C[C@H]1C3. The number of nitrogens with one attached hydrogen (secondary N) is 1. The zero-order valence-electron chi connectivity index (χ0n) is 11.9. The Morgan fingerprint density at radius 2 is 2.32 bits per heavy atom. The Bertz CT molecular complexity index is 825. The van der Waals surface area contributed by atoms with E-state index in [4.69, 9.17) is 11.6 Å². The Balaban J connectivity index is 1.60. The van der Waals surface area contributed by atoms with Gasteiger partial charge in [-0.2, -0.15) is 5.10 Å². The van der Waals surface area contributed by atoms with E-state index in [0.717, 1.165) is 31.3 Å². The van der Waals surface area contributed by atoms with Gasteiger partial charge in [-0.25, -0.2) is 0 Å². The molecule has 5 rings (SSSR count). The van der Waals surface area contributed by atoms with Gasteiger partial charge >= 0.3 is 0 Å². The van der Waals surface area contributed by atoms with E-state index in [1.807, 2.05) is 17.0 Å². The average Bonchev–Trinajstić information content (AvgIpc) is 2.98. The van der Waals surface area contributed by atoms with Crippen molar-refractivity contribution in [3.05, 3.63) is 40.8 Å². The van der Waals surface area contributed by atoms with Gasteiger partial charge in [0.1, 0.15) is 11.2 Å². The highest BCUT2D eigenvalue weighted by Crippen LogP contribution is 2.43. The third-order valence-corrected chi connectivity index (χ3v) is 5.42. The summed E-state index contributed by atoms with van der Waals surface area (Å²) in [5.41, 5.74) is 2.39. The molecule has 3 aliphatic heterocycles. The van der Waals surface area contributed by atoms with E-state index in [1.165, 1.54) is 5.70 Å². The number of hydrogen-bond acceptors (Lipinski definition) is 3. The molecule has 4 heterocycles. The topological polar surface area (TPSA) is 52.2 Å². The van der Waals surface area contributed by atoms with Gasteiger partial charge < -0.3 is 9.80 Å². The van der Waals surface area contributed by atoms with Gasteiger partial charge in [-0.05, 0) is 18.9 Å². The number of aromatic amines is 1. The predicted octanol–water partition coefficient (Wildman–Crippen LogP) is 2.61. The monoisotopic (exact) mass is 314 g/mol. The quantitative estimate of drug-likeness (QED) is 0.880. The maximum absolute atomic E-state index is 13.1. The largest absolute Gasteiger partial charge is 0.374 e. The zero-order chi connectivity index (χ0) is 14.8. The van der Waals surface area contributed by atoms with Crippen molar-refractivity contribution < 1.29 is 4.79 Å². The van der Waals surface area contributed by atoms with Crippen molar-refractivity contribution >= 4 is 28.4 Å². The number of rotatable bonds is 1. The molecule has 22 heavy (non-hydrogen) atoms. The van der Waals surface area contributed by atoms with Gasteiger partial charge in [-0.15, -0.1) is 0 Å². The van der Waals surface area contributed by atoms with E-state index in [0.29, 0.717) is 22.2 Å². The normalized spacial score (nSPS) is 26.0. The number of para-hydroxylation sites is 1. The number of H-pyrrole nitrogens is 1. The first kappa shape index (κ1) is 12.5. The summed E-state index contributed by atoms with van der Waals surface area (Å²) in [5, 5.41) is 8.48.